The van der Waals surface area contributed by atoms with Gasteiger partial charge in [-0.1, -0.05) is 80.6 Å². The largest absolute Gasteiger partial charge is 0.457 e. The first-order valence-electron chi connectivity index (χ1n) is 22.5. The Hall–Kier alpha value is -6.95. The van der Waals surface area contributed by atoms with Crippen LogP contribution in [0.15, 0.2) is 125 Å². The molecule has 17 heteroatoms. The van der Waals surface area contributed by atoms with Crippen molar-refractivity contribution in [2.24, 2.45) is 16.7 Å². The molecule has 2 heterocycles. The molecule has 0 radical (unpaired) electrons. The number of aliphatic hydroxyl groups is 2. The maximum absolute atomic E-state index is 16.1. The van der Waals surface area contributed by atoms with E-state index in [1.807, 2.05) is 0 Å². The van der Waals surface area contributed by atoms with Gasteiger partial charge in [0.05, 0.1) is 35.8 Å². The molecular formula is C52H53NO16. The van der Waals surface area contributed by atoms with E-state index in [0.717, 1.165) is 13.8 Å². The zero-order valence-corrected chi connectivity index (χ0v) is 38.7. The van der Waals surface area contributed by atoms with Gasteiger partial charge in [-0.3, -0.25) is 19.2 Å². The Bertz CT molecular complexity index is 2670. The molecule has 4 aromatic rings. The molecule has 3 fully saturated rings. The summed E-state index contributed by atoms with van der Waals surface area (Å²) < 4.78 is 42.4. The normalized spacial score (nSPS) is 29.7. The average Bonchev–Trinajstić information content (AvgIpc) is 3.87. The summed E-state index contributed by atoms with van der Waals surface area (Å²) in [6.07, 6.45) is -9.69. The SMILES string of the molecule is CC(=O)O[C@H]1C(=O)[C@]2(C)[C@@H](OC(=O)c3ccco3)C[C@H]3OC[C@@]3(OC(C)=O)[C@H]2[C@H](OC(=O)c2ccccc2)[C@]2(O)C[C@H](OC(=O)[C@H](O)[C@@H](NC(=O)c3ccccc3)c3ccccc3)C(C)=C1C2(C)C. The van der Waals surface area contributed by atoms with Crippen LogP contribution in [0.2, 0.25) is 0 Å². The molecule has 17 nitrogen and oxygen atoms in total. The lowest BCUT2D eigenvalue weighted by molar-refractivity contribution is -0.345. The molecule has 1 aliphatic heterocycles. The summed E-state index contributed by atoms with van der Waals surface area (Å²) >= 11 is 0. The lowest BCUT2D eigenvalue weighted by Gasteiger charge is -2.67. The number of ketones is 1. The predicted octanol–water partition coefficient (Wildman–Crippen LogP) is 5.19. The molecule has 2 saturated carbocycles. The van der Waals surface area contributed by atoms with Gasteiger partial charge in [0.1, 0.15) is 30.0 Å². The smallest absolute Gasteiger partial charge is 0.374 e. The van der Waals surface area contributed by atoms with Crippen molar-refractivity contribution < 1.29 is 76.6 Å². The van der Waals surface area contributed by atoms with Crippen molar-refractivity contribution >= 4 is 41.5 Å². The van der Waals surface area contributed by atoms with Crippen LogP contribution in [-0.4, -0.2) is 106 Å². The molecule has 69 heavy (non-hydrogen) atoms. The highest BCUT2D eigenvalue weighted by molar-refractivity contribution is 5.97. The minimum atomic E-state index is -2.48. The van der Waals surface area contributed by atoms with Gasteiger partial charge in [-0.25, -0.2) is 14.4 Å². The van der Waals surface area contributed by atoms with E-state index in [1.54, 1.807) is 92.7 Å². The number of nitrogens with one attached hydrogen (secondary N) is 1. The number of ether oxygens (including phenoxy) is 6. The molecule has 0 unspecified atom stereocenters. The van der Waals surface area contributed by atoms with E-state index in [1.165, 1.54) is 44.4 Å². The number of Topliss-reactive ketones (excluding diaryl/α,β-unsaturated/α-hetero) is 1. The second kappa shape index (κ2) is 18.5. The average molecular weight is 948 g/mol. The van der Waals surface area contributed by atoms with Crippen molar-refractivity contribution in [1.82, 2.24) is 5.32 Å². The zero-order chi connectivity index (χ0) is 49.6. The van der Waals surface area contributed by atoms with Gasteiger partial charge in [0, 0.05) is 37.7 Å². The highest BCUT2D eigenvalue weighted by atomic mass is 16.6. The van der Waals surface area contributed by atoms with E-state index in [2.05, 4.69) is 5.32 Å². The molecule has 3 aliphatic carbocycles. The van der Waals surface area contributed by atoms with Crippen LogP contribution in [0.3, 0.4) is 0 Å². The maximum Gasteiger partial charge on any atom is 0.374 e. The fourth-order valence-corrected chi connectivity index (χ4v) is 10.9. The van der Waals surface area contributed by atoms with Crippen LogP contribution in [0.1, 0.15) is 97.3 Å². The quantitative estimate of drug-likeness (QED) is 0.0940. The second-order valence-corrected chi connectivity index (χ2v) is 18.7. The lowest BCUT2D eigenvalue weighted by atomic mass is 9.44. The number of furan rings is 1. The minimum Gasteiger partial charge on any atom is -0.457 e. The Balaban J connectivity index is 1.31. The lowest BCUT2D eigenvalue weighted by Crippen LogP contribution is -2.82. The zero-order valence-electron chi connectivity index (χ0n) is 38.7. The molecule has 8 rings (SSSR count). The summed E-state index contributed by atoms with van der Waals surface area (Å²) in [5.41, 5.74) is -7.55. The molecular weight excluding hydrogens is 895 g/mol. The third-order valence-electron chi connectivity index (χ3n) is 14.4. The first-order valence-corrected chi connectivity index (χ1v) is 22.5. The van der Waals surface area contributed by atoms with E-state index in [9.17, 15) is 39.0 Å². The van der Waals surface area contributed by atoms with E-state index in [0.29, 0.717) is 5.56 Å². The summed E-state index contributed by atoms with van der Waals surface area (Å²) in [7, 11) is 0. The Morgan fingerprint density at radius 2 is 1.39 bits per heavy atom. The number of hydrogen-bond donors (Lipinski definition) is 3. The molecule has 3 aromatic carbocycles. The highest BCUT2D eigenvalue weighted by Crippen LogP contribution is 2.65. The molecule has 4 aliphatic rings. The van der Waals surface area contributed by atoms with E-state index >= 15 is 4.79 Å². The third-order valence-corrected chi connectivity index (χ3v) is 14.4. The summed E-state index contributed by atoms with van der Waals surface area (Å²) in [5.74, 6) is -8.38. The van der Waals surface area contributed by atoms with Crippen molar-refractivity contribution in [3.8, 4) is 0 Å². The summed E-state index contributed by atoms with van der Waals surface area (Å²) in [5, 5.41) is 28.6. The second-order valence-electron chi connectivity index (χ2n) is 18.7. The molecule has 1 amide bonds. The predicted molar refractivity (Wildman–Crippen MR) is 240 cm³/mol. The van der Waals surface area contributed by atoms with Crippen LogP contribution < -0.4 is 5.32 Å². The monoisotopic (exact) mass is 947 g/mol. The van der Waals surface area contributed by atoms with Gasteiger partial charge in [0.2, 0.25) is 5.76 Å². The first-order chi connectivity index (χ1) is 32.7. The topological polar surface area (TPSA) is 240 Å². The van der Waals surface area contributed by atoms with Crippen molar-refractivity contribution in [2.45, 2.75) is 108 Å². The Labute approximate surface area is 397 Å². The van der Waals surface area contributed by atoms with Crippen molar-refractivity contribution in [1.29, 1.82) is 0 Å². The van der Waals surface area contributed by atoms with Crippen LogP contribution in [0.25, 0.3) is 0 Å². The molecule has 11 atom stereocenters. The van der Waals surface area contributed by atoms with Crippen molar-refractivity contribution in [3.05, 3.63) is 143 Å². The van der Waals surface area contributed by atoms with E-state index in [4.69, 9.17) is 32.8 Å². The number of carbonyl (C=O) groups is 7. The number of carbonyl (C=O) groups excluding carboxylic acids is 7. The van der Waals surface area contributed by atoms with Crippen LogP contribution in [-0.2, 0) is 47.6 Å². The number of amides is 1. The third kappa shape index (κ3) is 8.42. The van der Waals surface area contributed by atoms with Gasteiger partial charge in [-0.05, 0) is 67.0 Å². The summed E-state index contributed by atoms with van der Waals surface area (Å²) in [6.45, 7) is 7.84. The Kier molecular flexibility index (Phi) is 13.0. The number of hydrogen-bond acceptors (Lipinski definition) is 16. The van der Waals surface area contributed by atoms with Crippen LogP contribution in [0, 0.1) is 16.7 Å². The highest BCUT2D eigenvalue weighted by Gasteiger charge is 2.79. The standard InChI is InChI=1S/C52H53NO16/c1-28-35(66-48(61)40(56)39(31-17-10-7-11-18-31)53-45(58)32-19-12-8-13-20-32)26-52(62)44(68-46(59)33-21-14-9-15-22-33)42-50(6,43(57)41(65-29(2)54)38(28)49(52,4)5)36(67-47(60)34-23-16-24-63-34)25-37-51(42,27-64-37)69-30(3)55/h7-24,35-37,39-42,44,56,62H,25-27H2,1-6H3,(H,53,58)/t35-,36-,37+,39-,40+,41+,42-,44-,50+,51-,52+/m0/s1. The molecule has 362 valence electrons. The van der Waals surface area contributed by atoms with E-state index < -0.39 is 119 Å². The van der Waals surface area contributed by atoms with Gasteiger partial charge in [-0.15, -0.1) is 0 Å². The molecule has 0 spiro atoms. The van der Waals surface area contributed by atoms with Gasteiger partial charge in [-0.2, -0.15) is 0 Å². The molecule has 1 aromatic heterocycles. The Morgan fingerprint density at radius 1 is 0.768 bits per heavy atom. The number of fused-ring (bicyclic) bond motifs is 5. The van der Waals surface area contributed by atoms with Crippen molar-refractivity contribution in [2.75, 3.05) is 6.61 Å². The molecule has 1 saturated heterocycles. The number of esters is 5. The molecule has 3 N–H and O–H groups in total. The number of aliphatic hydroxyl groups excluding tert-OH is 1. The van der Waals surface area contributed by atoms with Gasteiger partial charge < -0.3 is 48.4 Å². The van der Waals surface area contributed by atoms with Gasteiger partial charge in [0.25, 0.3) is 5.91 Å². The van der Waals surface area contributed by atoms with Crippen LogP contribution in [0.5, 0.6) is 0 Å². The van der Waals surface area contributed by atoms with Gasteiger partial charge >= 0.3 is 29.8 Å². The maximum atomic E-state index is 16.1. The Morgan fingerprint density at radius 3 is 1.96 bits per heavy atom. The number of benzene rings is 3. The van der Waals surface area contributed by atoms with Crippen molar-refractivity contribution in [3.63, 3.8) is 0 Å². The van der Waals surface area contributed by atoms with Crippen LogP contribution >= 0.6 is 0 Å². The summed E-state index contributed by atoms with van der Waals surface area (Å²) in [4.78, 5) is 99.1. The van der Waals surface area contributed by atoms with E-state index in [-0.39, 0.29) is 41.1 Å². The fraction of sp³-hybridized carbons (Fsp3) is 0.404. The minimum absolute atomic E-state index is 0.0321. The van der Waals surface area contributed by atoms with Gasteiger partial charge in [0.15, 0.2) is 23.6 Å². The molecule has 2 bridgehead atoms. The summed E-state index contributed by atoms with van der Waals surface area (Å²) in [6, 6.07) is 25.6. The number of rotatable bonds is 12. The van der Waals surface area contributed by atoms with Crippen LogP contribution in [0.4, 0.5) is 0 Å². The fourth-order valence-electron chi connectivity index (χ4n) is 10.9. The first kappa shape index (κ1) is 48.5.